The molecule has 1 aliphatic heterocycles. The number of anilines is 1. The van der Waals surface area contributed by atoms with E-state index < -0.39 is 17.6 Å². The summed E-state index contributed by atoms with van der Waals surface area (Å²) in [5.74, 6) is -0.709. The molecule has 2 heterocycles. The number of unbranched alkanes of at least 4 members (excludes halogenated alkanes) is 2. The first kappa shape index (κ1) is 27.8. The van der Waals surface area contributed by atoms with Gasteiger partial charge in [0.2, 0.25) is 0 Å². The van der Waals surface area contributed by atoms with Crippen molar-refractivity contribution in [2.75, 3.05) is 45.2 Å². The average molecular weight is 524 g/mol. The zero-order valence-electron chi connectivity index (χ0n) is 20.5. The van der Waals surface area contributed by atoms with E-state index in [1.54, 1.807) is 18.3 Å². The van der Waals surface area contributed by atoms with Crippen molar-refractivity contribution < 1.29 is 22.7 Å². The van der Waals surface area contributed by atoms with Gasteiger partial charge in [0.05, 0.1) is 23.4 Å². The third-order valence-electron chi connectivity index (χ3n) is 5.88. The number of aromatic nitrogens is 1. The summed E-state index contributed by atoms with van der Waals surface area (Å²) >= 11 is 5.21. The van der Waals surface area contributed by atoms with Gasteiger partial charge < -0.3 is 15.0 Å². The molecule has 1 saturated heterocycles. The lowest BCUT2D eigenvalue weighted by Crippen LogP contribution is -2.44. The fourth-order valence-electron chi connectivity index (χ4n) is 3.81. The van der Waals surface area contributed by atoms with E-state index in [-0.39, 0.29) is 23.2 Å². The van der Waals surface area contributed by atoms with Gasteiger partial charge in [-0.3, -0.25) is 20.0 Å². The maximum atomic E-state index is 13.6. The summed E-state index contributed by atoms with van der Waals surface area (Å²) in [6.07, 6.45) is -0.476. The zero-order chi connectivity index (χ0) is 26.1. The number of nitrogens with one attached hydrogen (secondary N) is 2. The van der Waals surface area contributed by atoms with Gasteiger partial charge in [-0.2, -0.15) is 13.2 Å². The number of likely N-dealkylation sites (N-methyl/N-ethyl adjacent to an activating group) is 1. The van der Waals surface area contributed by atoms with Gasteiger partial charge in [-0.15, -0.1) is 0 Å². The molecule has 7 nitrogen and oxygen atoms in total. The zero-order valence-corrected chi connectivity index (χ0v) is 21.3. The van der Waals surface area contributed by atoms with Crippen molar-refractivity contribution in [2.24, 2.45) is 0 Å². The second-order valence-corrected chi connectivity index (χ2v) is 9.16. The van der Waals surface area contributed by atoms with Crippen LogP contribution in [-0.2, 0) is 12.7 Å². The number of carbonyl (C=O) groups excluding carboxylic acids is 1. The molecule has 0 unspecified atom stereocenters. The van der Waals surface area contributed by atoms with Gasteiger partial charge in [-0.1, -0.05) is 19.8 Å². The van der Waals surface area contributed by atoms with Crippen LogP contribution in [-0.4, -0.2) is 65.6 Å². The van der Waals surface area contributed by atoms with Crippen LogP contribution in [0.25, 0.3) is 0 Å². The van der Waals surface area contributed by atoms with Crippen LogP contribution in [0.15, 0.2) is 36.5 Å². The molecule has 0 radical (unpaired) electrons. The number of thiocarbonyl (C=S) groups is 1. The highest BCUT2D eigenvalue weighted by atomic mass is 32.1. The van der Waals surface area contributed by atoms with Gasteiger partial charge in [-0.05, 0) is 56.0 Å². The van der Waals surface area contributed by atoms with E-state index in [1.165, 1.54) is 12.1 Å². The molecule has 11 heteroatoms. The quantitative estimate of drug-likeness (QED) is 0.369. The Morgan fingerprint density at radius 3 is 2.61 bits per heavy atom. The number of alkyl halides is 3. The summed E-state index contributed by atoms with van der Waals surface area (Å²) in [6.45, 7) is 6.34. The first-order valence-electron chi connectivity index (χ1n) is 12.0. The molecule has 2 N–H and O–H groups in total. The number of piperazine rings is 1. The topological polar surface area (TPSA) is 69.7 Å². The lowest BCUT2D eigenvalue weighted by molar-refractivity contribution is -0.138. The van der Waals surface area contributed by atoms with Gasteiger partial charge in [-0.25, -0.2) is 0 Å². The van der Waals surface area contributed by atoms with Crippen LogP contribution in [0.5, 0.6) is 5.75 Å². The van der Waals surface area contributed by atoms with Crippen LogP contribution in [0, 0.1) is 0 Å². The Morgan fingerprint density at radius 1 is 1.17 bits per heavy atom. The first-order chi connectivity index (χ1) is 17.2. The molecule has 1 amide bonds. The average Bonchev–Trinajstić information content (AvgIpc) is 2.83. The van der Waals surface area contributed by atoms with E-state index in [0.717, 1.165) is 45.1 Å². The van der Waals surface area contributed by atoms with E-state index in [9.17, 15) is 18.0 Å². The summed E-state index contributed by atoms with van der Waals surface area (Å²) in [5, 5.41) is 5.11. The Morgan fingerprint density at radius 2 is 1.92 bits per heavy atom. The molecule has 1 fully saturated rings. The van der Waals surface area contributed by atoms with Crippen molar-refractivity contribution in [1.29, 1.82) is 0 Å². The highest BCUT2D eigenvalue weighted by Gasteiger charge is 2.35. The molecular weight excluding hydrogens is 491 g/mol. The second kappa shape index (κ2) is 13.0. The normalized spacial score (nSPS) is 14.9. The lowest BCUT2D eigenvalue weighted by Gasteiger charge is -2.32. The van der Waals surface area contributed by atoms with Gasteiger partial charge in [0.15, 0.2) is 5.11 Å². The summed E-state index contributed by atoms with van der Waals surface area (Å²) in [7, 11) is 2.07. The van der Waals surface area contributed by atoms with Gasteiger partial charge >= 0.3 is 6.18 Å². The number of benzene rings is 1. The van der Waals surface area contributed by atoms with E-state index in [1.807, 2.05) is 6.92 Å². The number of hydrogen-bond acceptors (Lipinski definition) is 6. The predicted molar refractivity (Wildman–Crippen MR) is 137 cm³/mol. The number of carbonyl (C=O) groups is 1. The van der Waals surface area contributed by atoms with E-state index in [0.29, 0.717) is 24.2 Å². The first-order valence-corrected chi connectivity index (χ1v) is 12.4. The Labute approximate surface area is 215 Å². The van der Waals surface area contributed by atoms with Crippen LogP contribution in [0.4, 0.5) is 18.9 Å². The van der Waals surface area contributed by atoms with Crippen molar-refractivity contribution >= 4 is 28.9 Å². The molecule has 1 aromatic carbocycles. The maximum Gasteiger partial charge on any atom is 0.420 e. The summed E-state index contributed by atoms with van der Waals surface area (Å²) < 4.78 is 46.2. The van der Waals surface area contributed by atoms with Crippen molar-refractivity contribution in [3.8, 4) is 5.75 Å². The molecule has 0 atom stereocenters. The molecule has 0 saturated carbocycles. The number of halogens is 3. The minimum absolute atomic E-state index is 0.0948. The smallest absolute Gasteiger partial charge is 0.420 e. The highest BCUT2D eigenvalue weighted by Crippen LogP contribution is 2.38. The molecule has 36 heavy (non-hydrogen) atoms. The fraction of sp³-hybridized carbons (Fsp3) is 0.480. The van der Waals surface area contributed by atoms with Crippen LogP contribution in [0.1, 0.15) is 47.8 Å². The summed E-state index contributed by atoms with van der Waals surface area (Å²) in [6, 6.07) is 6.94. The standard InChI is InChI=1S/C25H32F3N5O2S/c1-3-4-5-15-35-22-9-8-18(16-20(22)25(26,27)28)30-24(36)31-23(34)19-7-6-10-29-21(19)17-33-13-11-32(2)12-14-33/h6-10,16H,3-5,11-15,17H2,1-2H3,(H2,30,31,34,36). The number of rotatable bonds is 9. The van der Waals surface area contributed by atoms with Crippen molar-refractivity contribution in [3.63, 3.8) is 0 Å². The third-order valence-corrected chi connectivity index (χ3v) is 6.08. The minimum Gasteiger partial charge on any atom is -0.493 e. The van der Waals surface area contributed by atoms with Gasteiger partial charge in [0, 0.05) is 44.6 Å². The van der Waals surface area contributed by atoms with Crippen LogP contribution in [0.3, 0.4) is 0 Å². The van der Waals surface area contributed by atoms with Crippen LogP contribution in [0.2, 0.25) is 0 Å². The van der Waals surface area contributed by atoms with Crippen LogP contribution < -0.4 is 15.4 Å². The lowest BCUT2D eigenvalue weighted by atomic mass is 10.1. The molecule has 1 aliphatic rings. The van der Waals surface area contributed by atoms with Gasteiger partial charge in [0.1, 0.15) is 5.75 Å². The Hall–Kier alpha value is -2.76. The molecule has 1 aromatic heterocycles. The summed E-state index contributed by atoms with van der Waals surface area (Å²) in [5.41, 5.74) is 0.177. The van der Waals surface area contributed by atoms with Crippen LogP contribution >= 0.6 is 12.2 Å². The van der Waals surface area contributed by atoms with E-state index in [4.69, 9.17) is 17.0 Å². The largest absolute Gasteiger partial charge is 0.493 e. The highest BCUT2D eigenvalue weighted by molar-refractivity contribution is 7.80. The van der Waals surface area contributed by atoms with Crippen molar-refractivity contribution in [1.82, 2.24) is 20.1 Å². The summed E-state index contributed by atoms with van der Waals surface area (Å²) in [4.78, 5) is 21.7. The Kier molecular flexibility index (Phi) is 10.0. The molecule has 2 aromatic rings. The number of ether oxygens (including phenoxy) is 1. The molecule has 0 bridgehead atoms. The van der Waals surface area contributed by atoms with E-state index in [2.05, 4.69) is 32.5 Å². The van der Waals surface area contributed by atoms with Crippen molar-refractivity contribution in [3.05, 3.63) is 53.3 Å². The molecular formula is C25H32F3N5O2S. The number of pyridine rings is 1. The Bertz CT molecular complexity index is 1040. The number of nitrogens with zero attached hydrogens (tertiary/aromatic N) is 3. The predicted octanol–water partition coefficient (Wildman–Crippen LogP) is 4.54. The van der Waals surface area contributed by atoms with E-state index >= 15 is 0 Å². The molecule has 3 rings (SSSR count). The Balaban J connectivity index is 1.64. The number of hydrogen-bond donors (Lipinski definition) is 2. The monoisotopic (exact) mass is 523 g/mol. The minimum atomic E-state index is -4.60. The van der Waals surface area contributed by atoms with Gasteiger partial charge in [0.25, 0.3) is 5.91 Å². The van der Waals surface area contributed by atoms with Crippen molar-refractivity contribution in [2.45, 2.75) is 38.9 Å². The number of amides is 1. The second-order valence-electron chi connectivity index (χ2n) is 8.75. The maximum absolute atomic E-state index is 13.6. The molecule has 0 spiro atoms. The third kappa shape index (κ3) is 8.14. The fourth-order valence-corrected chi connectivity index (χ4v) is 4.02. The SMILES string of the molecule is CCCCCOc1ccc(NC(=S)NC(=O)c2cccnc2CN2CCN(C)CC2)cc1C(F)(F)F. The molecule has 0 aliphatic carbocycles. The molecule has 196 valence electrons.